The van der Waals surface area contributed by atoms with Crippen LogP contribution in [0.25, 0.3) is 15.9 Å². The Balaban J connectivity index is 1.61. The fourth-order valence-corrected chi connectivity index (χ4v) is 4.09. The van der Waals surface area contributed by atoms with Crippen LogP contribution < -0.4 is 5.32 Å². The van der Waals surface area contributed by atoms with E-state index in [1.54, 1.807) is 12.1 Å². The Bertz CT molecular complexity index is 1130. The standard InChI is InChI=1S/C21H18FN3OS/c1-13-5-3-4-6-18(13)25-21-17(14(2)24-25)11-19(27-21)20(26)23-12-15-7-9-16(22)10-8-15/h3-11H,12H2,1-2H3,(H,23,26). The second kappa shape index (κ2) is 6.96. The lowest BCUT2D eigenvalue weighted by atomic mass is 10.2. The number of aromatic nitrogens is 2. The van der Waals surface area contributed by atoms with Crippen molar-refractivity contribution in [3.8, 4) is 5.69 Å². The summed E-state index contributed by atoms with van der Waals surface area (Å²) in [5.41, 5.74) is 3.88. The molecule has 136 valence electrons. The van der Waals surface area contributed by atoms with E-state index in [4.69, 9.17) is 0 Å². The SMILES string of the molecule is Cc1ccccc1-n1nc(C)c2cc(C(=O)NCc3ccc(F)cc3)sc21. The van der Waals surface area contributed by atoms with Crippen molar-refractivity contribution in [3.05, 3.63) is 82.1 Å². The van der Waals surface area contributed by atoms with Gasteiger partial charge in [-0.3, -0.25) is 4.79 Å². The van der Waals surface area contributed by atoms with Gasteiger partial charge in [-0.05, 0) is 49.2 Å². The third-order valence-corrected chi connectivity index (χ3v) is 5.59. The number of nitrogens with one attached hydrogen (secondary N) is 1. The lowest BCUT2D eigenvalue weighted by Gasteiger charge is -2.06. The number of fused-ring (bicyclic) bond motifs is 1. The van der Waals surface area contributed by atoms with E-state index < -0.39 is 0 Å². The normalized spacial score (nSPS) is 11.1. The molecule has 0 aliphatic rings. The van der Waals surface area contributed by atoms with Crippen molar-refractivity contribution in [1.82, 2.24) is 15.1 Å². The predicted octanol–water partition coefficient (Wildman–Crippen LogP) is 4.77. The summed E-state index contributed by atoms with van der Waals surface area (Å²) in [6.45, 7) is 4.35. The maximum absolute atomic E-state index is 13.0. The van der Waals surface area contributed by atoms with Crippen molar-refractivity contribution in [2.45, 2.75) is 20.4 Å². The van der Waals surface area contributed by atoms with Crippen LogP contribution in [0, 0.1) is 19.7 Å². The summed E-state index contributed by atoms with van der Waals surface area (Å²) in [6, 6.07) is 16.0. The smallest absolute Gasteiger partial charge is 0.261 e. The molecule has 4 aromatic rings. The maximum atomic E-state index is 13.0. The Hall–Kier alpha value is -2.99. The van der Waals surface area contributed by atoms with Gasteiger partial charge in [-0.1, -0.05) is 30.3 Å². The van der Waals surface area contributed by atoms with Gasteiger partial charge < -0.3 is 5.32 Å². The first-order valence-corrected chi connectivity index (χ1v) is 9.42. The zero-order valence-electron chi connectivity index (χ0n) is 15.0. The highest BCUT2D eigenvalue weighted by Crippen LogP contribution is 2.31. The van der Waals surface area contributed by atoms with E-state index >= 15 is 0 Å². The fraction of sp³-hybridized carbons (Fsp3) is 0.143. The van der Waals surface area contributed by atoms with E-state index in [0.717, 1.165) is 32.7 Å². The number of amides is 1. The van der Waals surface area contributed by atoms with Crippen LogP contribution in [0.5, 0.6) is 0 Å². The third-order valence-electron chi connectivity index (χ3n) is 4.48. The molecule has 0 aliphatic carbocycles. The molecule has 0 unspecified atom stereocenters. The van der Waals surface area contributed by atoms with Gasteiger partial charge in [0.05, 0.1) is 16.3 Å². The molecule has 1 N–H and O–H groups in total. The first kappa shape index (κ1) is 17.4. The Labute approximate surface area is 160 Å². The summed E-state index contributed by atoms with van der Waals surface area (Å²) in [6.07, 6.45) is 0. The molecule has 2 aromatic carbocycles. The van der Waals surface area contributed by atoms with Gasteiger partial charge >= 0.3 is 0 Å². The highest BCUT2D eigenvalue weighted by atomic mass is 32.1. The van der Waals surface area contributed by atoms with Crippen LogP contribution in [-0.4, -0.2) is 15.7 Å². The molecule has 27 heavy (non-hydrogen) atoms. The van der Waals surface area contributed by atoms with Crippen LogP contribution in [0.2, 0.25) is 0 Å². The Morgan fingerprint density at radius 1 is 1.15 bits per heavy atom. The van der Waals surface area contributed by atoms with Gasteiger partial charge in [0.1, 0.15) is 10.6 Å². The number of para-hydroxylation sites is 1. The number of rotatable bonds is 4. The van der Waals surface area contributed by atoms with Crippen LogP contribution in [-0.2, 0) is 6.54 Å². The average molecular weight is 379 g/mol. The van der Waals surface area contributed by atoms with Gasteiger partial charge in [0.2, 0.25) is 0 Å². The zero-order chi connectivity index (χ0) is 19.0. The number of halogens is 1. The van der Waals surface area contributed by atoms with E-state index in [1.807, 2.05) is 48.9 Å². The molecule has 1 amide bonds. The maximum Gasteiger partial charge on any atom is 0.261 e. The Morgan fingerprint density at radius 2 is 1.89 bits per heavy atom. The van der Waals surface area contributed by atoms with Crippen molar-refractivity contribution >= 4 is 27.5 Å². The molecule has 0 aliphatic heterocycles. The first-order chi connectivity index (χ1) is 13.0. The number of thiophene rings is 1. The van der Waals surface area contributed by atoms with Crippen molar-refractivity contribution in [2.24, 2.45) is 0 Å². The molecular formula is C21H18FN3OS. The lowest BCUT2D eigenvalue weighted by Crippen LogP contribution is -2.21. The van der Waals surface area contributed by atoms with Crippen molar-refractivity contribution in [3.63, 3.8) is 0 Å². The number of benzene rings is 2. The predicted molar refractivity (Wildman–Crippen MR) is 106 cm³/mol. The third kappa shape index (κ3) is 3.36. The summed E-state index contributed by atoms with van der Waals surface area (Å²) in [5, 5.41) is 8.52. The zero-order valence-corrected chi connectivity index (χ0v) is 15.8. The van der Waals surface area contributed by atoms with Gasteiger partial charge in [0.25, 0.3) is 5.91 Å². The van der Waals surface area contributed by atoms with Crippen molar-refractivity contribution < 1.29 is 9.18 Å². The minimum atomic E-state index is -0.286. The van der Waals surface area contributed by atoms with Crippen LogP contribution in [0.4, 0.5) is 4.39 Å². The van der Waals surface area contributed by atoms with E-state index in [-0.39, 0.29) is 11.7 Å². The highest BCUT2D eigenvalue weighted by Gasteiger charge is 2.17. The Kier molecular flexibility index (Phi) is 4.49. The summed E-state index contributed by atoms with van der Waals surface area (Å²) in [5.74, 6) is -0.429. The van der Waals surface area contributed by atoms with Gasteiger partial charge in [0.15, 0.2) is 0 Å². The Morgan fingerprint density at radius 3 is 2.63 bits per heavy atom. The van der Waals surface area contributed by atoms with E-state index in [9.17, 15) is 9.18 Å². The quantitative estimate of drug-likeness (QED) is 0.555. The van der Waals surface area contributed by atoms with Gasteiger partial charge in [0, 0.05) is 11.9 Å². The first-order valence-electron chi connectivity index (χ1n) is 8.61. The molecule has 4 nitrogen and oxygen atoms in total. The minimum Gasteiger partial charge on any atom is -0.347 e. The summed E-state index contributed by atoms with van der Waals surface area (Å²) in [7, 11) is 0. The van der Waals surface area contributed by atoms with Crippen LogP contribution in [0.3, 0.4) is 0 Å². The monoisotopic (exact) mass is 379 g/mol. The largest absolute Gasteiger partial charge is 0.347 e. The molecular weight excluding hydrogens is 361 g/mol. The van der Waals surface area contributed by atoms with E-state index in [1.165, 1.54) is 23.5 Å². The summed E-state index contributed by atoms with van der Waals surface area (Å²) >= 11 is 1.42. The van der Waals surface area contributed by atoms with Gasteiger partial charge in [-0.25, -0.2) is 9.07 Å². The van der Waals surface area contributed by atoms with E-state index in [0.29, 0.717) is 11.4 Å². The van der Waals surface area contributed by atoms with Crippen LogP contribution >= 0.6 is 11.3 Å². The molecule has 0 spiro atoms. The number of aryl methyl sites for hydroxylation is 2. The van der Waals surface area contributed by atoms with Gasteiger partial charge in [-0.15, -0.1) is 11.3 Å². The number of carbonyl (C=O) groups excluding carboxylic acids is 1. The number of carbonyl (C=O) groups is 1. The van der Waals surface area contributed by atoms with Crippen molar-refractivity contribution in [1.29, 1.82) is 0 Å². The summed E-state index contributed by atoms with van der Waals surface area (Å²) in [4.78, 5) is 14.2. The molecule has 0 atom stereocenters. The average Bonchev–Trinajstić information content (AvgIpc) is 3.22. The molecule has 4 rings (SSSR count). The molecule has 0 saturated heterocycles. The number of hydrogen-bond donors (Lipinski definition) is 1. The van der Waals surface area contributed by atoms with Crippen LogP contribution in [0.15, 0.2) is 54.6 Å². The second-order valence-electron chi connectivity index (χ2n) is 6.42. The molecule has 0 bridgehead atoms. The molecule has 0 fully saturated rings. The number of nitrogens with zero attached hydrogens (tertiary/aromatic N) is 2. The molecule has 6 heteroatoms. The van der Waals surface area contributed by atoms with Crippen LogP contribution in [0.1, 0.15) is 26.5 Å². The lowest BCUT2D eigenvalue weighted by molar-refractivity contribution is 0.0955. The minimum absolute atomic E-state index is 0.142. The van der Waals surface area contributed by atoms with E-state index in [2.05, 4.69) is 10.4 Å². The second-order valence-corrected chi connectivity index (χ2v) is 7.45. The molecule has 0 radical (unpaired) electrons. The molecule has 2 heterocycles. The molecule has 0 saturated carbocycles. The topological polar surface area (TPSA) is 46.9 Å². The van der Waals surface area contributed by atoms with Crippen molar-refractivity contribution in [2.75, 3.05) is 0 Å². The number of hydrogen-bond acceptors (Lipinski definition) is 3. The summed E-state index contributed by atoms with van der Waals surface area (Å²) < 4.78 is 14.9. The molecule has 2 aromatic heterocycles. The highest BCUT2D eigenvalue weighted by molar-refractivity contribution is 7.20. The fourth-order valence-electron chi connectivity index (χ4n) is 3.00. The van der Waals surface area contributed by atoms with Gasteiger partial charge in [-0.2, -0.15) is 5.10 Å².